The molecule has 36 heavy (non-hydrogen) atoms. The number of methoxy groups -OCH3 is 1. The van der Waals surface area contributed by atoms with Crippen molar-refractivity contribution in [1.29, 1.82) is 0 Å². The van der Waals surface area contributed by atoms with Gasteiger partial charge in [-0.2, -0.15) is 0 Å². The number of nitrogens with one attached hydrogen (secondary N) is 1. The predicted molar refractivity (Wildman–Crippen MR) is 147 cm³/mol. The van der Waals surface area contributed by atoms with Gasteiger partial charge in [0.1, 0.15) is 11.8 Å². The highest BCUT2D eigenvalue weighted by atomic mass is 32.2. The first-order valence-corrected chi connectivity index (χ1v) is 13.8. The van der Waals surface area contributed by atoms with Crippen LogP contribution in [0.1, 0.15) is 17.2 Å². The number of thioether (sulfide) groups is 2. The SMILES string of the molecule is COc1ccccc1CNC(=O)C1c2c(n(C)c3ccccc23)SCC(=O)N1c1cccc(SC)c1. The van der Waals surface area contributed by atoms with E-state index in [0.717, 1.165) is 32.0 Å². The topological polar surface area (TPSA) is 63.6 Å². The van der Waals surface area contributed by atoms with Crippen molar-refractivity contribution in [2.45, 2.75) is 22.5 Å². The van der Waals surface area contributed by atoms with Crippen molar-refractivity contribution in [3.63, 3.8) is 0 Å². The van der Waals surface area contributed by atoms with E-state index >= 15 is 0 Å². The molecule has 0 radical (unpaired) electrons. The van der Waals surface area contributed by atoms with E-state index in [2.05, 4.69) is 16.0 Å². The zero-order valence-corrected chi connectivity index (χ0v) is 22.0. The molecule has 5 rings (SSSR count). The van der Waals surface area contributed by atoms with E-state index < -0.39 is 6.04 Å². The van der Waals surface area contributed by atoms with Crippen LogP contribution in [-0.4, -0.2) is 35.5 Å². The second-order valence-electron chi connectivity index (χ2n) is 8.48. The maximum atomic E-state index is 14.1. The number of benzene rings is 3. The second kappa shape index (κ2) is 10.3. The first-order valence-electron chi connectivity index (χ1n) is 11.6. The molecule has 8 heteroatoms. The van der Waals surface area contributed by atoms with Crippen LogP contribution in [0.2, 0.25) is 0 Å². The van der Waals surface area contributed by atoms with Gasteiger partial charge < -0.3 is 14.6 Å². The number of aryl methyl sites for hydroxylation is 1. The third-order valence-corrected chi connectivity index (χ3v) is 8.33. The molecule has 6 nitrogen and oxygen atoms in total. The van der Waals surface area contributed by atoms with Crippen LogP contribution >= 0.6 is 23.5 Å². The fourth-order valence-electron chi connectivity index (χ4n) is 4.74. The molecule has 0 fully saturated rings. The molecule has 3 aromatic carbocycles. The molecule has 0 saturated heterocycles. The minimum atomic E-state index is -0.819. The Bertz CT molecular complexity index is 1450. The van der Waals surface area contributed by atoms with Gasteiger partial charge in [-0.25, -0.2) is 0 Å². The molecule has 184 valence electrons. The van der Waals surface area contributed by atoms with E-state index in [1.165, 1.54) is 11.8 Å². The number of para-hydroxylation sites is 2. The largest absolute Gasteiger partial charge is 0.496 e. The molecule has 1 aliphatic heterocycles. The maximum Gasteiger partial charge on any atom is 0.248 e. The minimum Gasteiger partial charge on any atom is -0.496 e. The number of hydrogen-bond acceptors (Lipinski definition) is 5. The van der Waals surface area contributed by atoms with E-state index in [4.69, 9.17) is 4.74 Å². The Hall–Kier alpha value is -3.36. The van der Waals surface area contributed by atoms with Gasteiger partial charge in [0.25, 0.3) is 0 Å². The molecule has 0 spiro atoms. The normalized spacial score (nSPS) is 15.5. The summed E-state index contributed by atoms with van der Waals surface area (Å²) < 4.78 is 7.56. The predicted octanol–water partition coefficient (Wildman–Crippen LogP) is 5.41. The van der Waals surface area contributed by atoms with Crippen molar-refractivity contribution in [3.8, 4) is 5.75 Å². The first kappa shape index (κ1) is 24.3. The van der Waals surface area contributed by atoms with Gasteiger partial charge in [-0.1, -0.05) is 54.2 Å². The summed E-state index contributed by atoms with van der Waals surface area (Å²) in [5.74, 6) is 0.622. The van der Waals surface area contributed by atoms with Crippen molar-refractivity contribution in [2.75, 3.05) is 24.0 Å². The van der Waals surface area contributed by atoms with Gasteiger partial charge in [-0.05, 0) is 36.6 Å². The first-order chi connectivity index (χ1) is 17.5. The average molecular weight is 518 g/mol. The zero-order chi connectivity index (χ0) is 25.2. The van der Waals surface area contributed by atoms with Crippen LogP contribution in [0.4, 0.5) is 5.69 Å². The van der Waals surface area contributed by atoms with Gasteiger partial charge in [0, 0.05) is 46.2 Å². The number of anilines is 1. The van der Waals surface area contributed by atoms with Gasteiger partial charge in [0.2, 0.25) is 11.8 Å². The van der Waals surface area contributed by atoms with Crippen LogP contribution < -0.4 is 15.0 Å². The van der Waals surface area contributed by atoms with Gasteiger partial charge in [0.05, 0.1) is 17.9 Å². The van der Waals surface area contributed by atoms with Gasteiger partial charge in [-0.3, -0.25) is 14.5 Å². The van der Waals surface area contributed by atoms with Gasteiger partial charge >= 0.3 is 0 Å². The van der Waals surface area contributed by atoms with Crippen molar-refractivity contribution in [3.05, 3.63) is 83.9 Å². The highest BCUT2D eigenvalue weighted by molar-refractivity contribution is 8.00. The minimum absolute atomic E-state index is 0.101. The summed E-state index contributed by atoms with van der Waals surface area (Å²) in [6, 6.07) is 22.7. The summed E-state index contributed by atoms with van der Waals surface area (Å²) in [6.07, 6.45) is 2.00. The van der Waals surface area contributed by atoms with Gasteiger partial charge in [0.15, 0.2) is 0 Å². The van der Waals surface area contributed by atoms with E-state index in [-0.39, 0.29) is 17.6 Å². The fourth-order valence-corrected chi connectivity index (χ4v) is 6.26. The Labute approximate surface area is 219 Å². The van der Waals surface area contributed by atoms with Crippen LogP contribution in [0.25, 0.3) is 10.9 Å². The number of aromatic nitrogens is 1. The Morgan fingerprint density at radius 1 is 1.11 bits per heavy atom. The molecule has 4 aromatic rings. The van der Waals surface area contributed by atoms with Crippen LogP contribution in [0.3, 0.4) is 0 Å². The summed E-state index contributed by atoms with van der Waals surface area (Å²) in [4.78, 5) is 30.4. The summed E-state index contributed by atoms with van der Waals surface area (Å²) in [6.45, 7) is 0.291. The van der Waals surface area contributed by atoms with E-state index in [1.54, 1.807) is 23.8 Å². The number of fused-ring (bicyclic) bond motifs is 3. The molecule has 1 atom stereocenters. The average Bonchev–Trinajstić information content (AvgIpc) is 3.09. The number of carbonyl (C=O) groups excluding carboxylic acids is 2. The van der Waals surface area contributed by atoms with Crippen molar-refractivity contribution in [2.24, 2.45) is 7.05 Å². The number of carbonyl (C=O) groups is 2. The molecule has 1 aromatic heterocycles. The molecule has 2 amide bonds. The quantitative estimate of drug-likeness (QED) is 0.347. The molecule has 2 heterocycles. The van der Waals surface area contributed by atoms with Crippen LogP contribution in [0, 0.1) is 0 Å². The molecular weight excluding hydrogens is 490 g/mol. The summed E-state index contributed by atoms with van der Waals surface area (Å²) in [5.41, 5.74) is 3.48. The maximum absolute atomic E-state index is 14.1. The van der Waals surface area contributed by atoms with Crippen molar-refractivity contribution >= 4 is 51.9 Å². The summed E-state index contributed by atoms with van der Waals surface area (Å²) in [7, 11) is 3.61. The third kappa shape index (κ3) is 4.35. The number of rotatable bonds is 6. The Morgan fingerprint density at radius 3 is 2.69 bits per heavy atom. The molecule has 0 aliphatic carbocycles. The molecule has 1 unspecified atom stereocenters. The molecular formula is C28H27N3O3S2. The fraction of sp³-hybridized carbons (Fsp3) is 0.214. The van der Waals surface area contributed by atoms with Crippen LogP contribution in [-0.2, 0) is 23.2 Å². The van der Waals surface area contributed by atoms with E-state index in [1.807, 2.05) is 80.0 Å². The Kier molecular flexibility index (Phi) is 6.98. The van der Waals surface area contributed by atoms with E-state index in [9.17, 15) is 9.59 Å². The van der Waals surface area contributed by atoms with Crippen LogP contribution in [0.15, 0.2) is 82.7 Å². The lowest BCUT2D eigenvalue weighted by molar-refractivity contribution is -0.125. The third-order valence-electron chi connectivity index (χ3n) is 6.45. The molecule has 1 aliphatic rings. The Balaban J connectivity index is 1.64. The molecule has 1 N–H and O–H groups in total. The van der Waals surface area contributed by atoms with E-state index in [0.29, 0.717) is 18.0 Å². The van der Waals surface area contributed by atoms with Crippen molar-refractivity contribution < 1.29 is 14.3 Å². The highest BCUT2D eigenvalue weighted by Crippen LogP contribution is 2.43. The lowest BCUT2D eigenvalue weighted by Gasteiger charge is -2.30. The summed E-state index contributed by atoms with van der Waals surface area (Å²) in [5, 5.41) is 5.01. The molecule has 0 saturated carbocycles. The lowest BCUT2D eigenvalue weighted by Crippen LogP contribution is -2.43. The monoisotopic (exact) mass is 517 g/mol. The smallest absolute Gasteiger partial charge is 0.248 e. The number of ether oxygens (including phenoxy) is 1. The second-order valence-corrected chi connectivity index (χ2v) is 10.3. The van der Waals surface area contributed by atoms with Gasteiger partial charge in [-0.15, -0.1) is 11.8 Å². The van der Waals surface area contributed by atoms with Crippen LogP contribution in [0.5, 0.6) is 5.75 Å². The van der Waals surface area contributed by atoms with Crippen molar-refractivity contribution in [1.82, 2.24) is 9.88 Å². The lowest BCUT2D eigenvalue weighted by atomic mass is 10.0. The highest BCUT2D eigenvalue weighted by Gasteiger charge is 2.39. The molecule has 0 bridgehead atoms. The zero-order valence-electron chi connectivity index (χ0n) is 20.4. The standard InChI is InChI=1S/C28H27N3O3S2/c1-30-22-13-6-5-12-21(22)25-26(27(33)29-16-18-9-4-7-14-23(18)34-2)31(24(32)17-36-28(25)30)19-10-8-11-20(15-19)35-3/h4-15,26H,16-17H2,1-3H3,(H,29,33). The number of hydrogen-bond donors (Lipinski definition) is 1. The summed E-state index contributed by atoms with van der Waals surface area (Å²) >= 11 is 3.09. The number of amides is 2. The number of nitrogens with zero attached hydrogens (tertiary/aromatic N) is 2. The Morgan fingerprint density at radius 2 is 1.89 bits per heavy atom.